The molecule has 0 bridgehead atoms. The fraction of sp³-hybridized carbons (Fsp3) is 0.600. The molecule has 1 heterocycles. The maximum absolute atomic E-state index is 5.67. The van der Waals surface area contributed by atoms with E-state index in [-0.39, 0.29) is 6.29 Å². The van der Waals surface area contributed by atoms with Gasteiger partial charge in [-0.1, -0.05) is 12.1 Å². The molecule has 0 radical (unpaired) electrons. The largest absolute Gasteiger partial charge is 0.493 e. The van der Waals surface area contributed by atoms with Gasteiger partial charge in [0.15, 0.2) is 17.8 Å². The summed E-state index contributed by atoms with van der Waals surface area (Å²) in [5.41, 5.74) is 0. The predicted octanol–water partition coefficient (Wildman–Crippen LogP) is 3.01. The summed E-state index contributed by atoms with van der Waals surface area (Å²) < 4.78 is 22.0. The molecule has 1 atom stereocenters. The van der Waals surface area contributed by atoms with Crippen molar-refractivity contribution in [3.63, 3.8) is 0 Å². The van der Waals surface area contributed by atoms with Crippen molar-refractivity contribution in [1.82, 2.24) is 0 Å². The van der Waals surface area contributed by atoms with E-state index in [4.69, 9.17) is 18.9 Å². The van der Waals surface area contributed by atoms with Crippen molar-refractivity contribution in [1.29, 1.82) is 0 Å². The van der Waals surface area contributed by atoms with Gasteiger partial charge in [-0.15, -0.1) is 0 Å². The van der Waals surface area contributed by atoms with Crippen LogP contribution in [0.25, 0.3) is 0 Å². The van der Waals surface area contributed by atoms with Crippen LogP contribution in [0.1, 0.15) is 25.7 Å². The highest BCUT2D eigenvalue weighted by Gasteiger charge is 2.13. The predicted molar refractivity (Wildman–Crippen MR) is 72.6 cm³/mol. The lowest BCUT2D eigenvalue weighted by Crippen LogP contribution is -2.23. The Bertz CT molecular complexity index is 361. The van der Waals surface area contributed by atoms with E-state index in [1.165, 1.54) is 6.42 Å². The van der Waals surface area contributed by atoms with Gasteiger partial charge in [0.2, 0.25) is 0 Å². The third-order valence-corrected chi connectivity index (χ3v) is 3.06. The highest BCUT2D eigenvalue weighted by molar-refractivity contribution is 5.39. The van der Waals surface area contributed by atoms with Crippen LogP contribution in [0.2, 0.25) is 0 Å². The van der Waals surface area contributed by atoms with Crippen LogP contribution in [0.15, 0.2) is 24.3 Å². The van der Waals surface area contributed by atoms with Gasteiger partial charge in [0.05, 0.1) is 20.3 Å². The zero-order valence-electron chi connectivity index (χ0n) is 11.5. The fourth-order valence-electron chi connectivity index (χ4n) is 2.04. The van der Waals surface area contributed by atoms with E-state index < -0.39 is 0 Å². The van der Waals surface area contributed by atoms with Crippen molar-refractivity contribution < 1.29 is 18.9 Å². The first-order chi connectivity index (χ1) is 9.40. The van der Waals surface area contributed by atoms with Crippen LogP contribution in [0.5, 0.6) is 11.5 Å². The number of methoxy groups -OCH3 is 1. The molecule has 1 unspecified atom stereocenters. The highest BCUT2D eigenvalue weighted by Crippen LogP contribution is 2.25. The summed E-state index contributed by atoms with van der Waals surface area (Å²) in [7, 11) is 1.64. The molecule has 0 saturated carbocycles. The molecular weight excluding hydrogens is 244 g/mol. The third kappa shape index (κ3) is 4.73. The topological polar surface area (TPSA) is 36.9 Å². The Balaban J connectivity index is 1.61. The van der Waals surface area contributed by atoms with Gasteiger partial charge in [0.1, 0.15) is 0 Å². The van der Waals surface area contributed by atoms with E-state index >= 15 is 0 Å². The molecule has 4 heteroatoms. The van der Waals surface area contributed by atoms with Crippen molar-refractivity contribution in [2.45, 2.75) is 32.0 Å². The molecule has 0 amide bonds. The first-order valence-corrected chi connectivity index (χ1v) is 6.89. The molecule has 0 N–H and O–H groups in total. The number of benzene rings is 1. The fourth-order valence-corrected chi connectivity index (χ4v) is 2.04. The number of para-hydroxylation sites is 2. The van der Waals surface area contributed by atoms with Gasteiger partial charge in [0, 0.05) is 13.0 Å². The van der Waals surface area contributed by atoms with Gasteiger partial charge in [-0.25, -0.2) is 0 Å². The Morgan fingerprint density at radius 2 is 2.00 bits per heavy atom. The summed E-state index contributed by atoms with van der Waals surface area (Å²) in [5, 5.41) is 0. The Morgan fingerprint density at radius 3 is 2.74 bits per heavy atom. The molecule has 2 rings (SSSR count). The van der Waals surface area contributed by atoms with Crippen LogP contribution >= 0.6 is 0 Å². The van der Waals surface area contributed by atoms with E-state index in [9.17, 15) is 0 Å². The lowest BCUT2D eigenvalue weighted by atomic mass is 10.2. The summed E-state index contributed by atoms with van der Waals surface area (Å²) in [5.74, 6) is 1.54. The second-order valence-corrected chi connectivity index (χ2v) is 4.52. The zero-order chi connectivity index (χ0) is 13.3. The standard InChI is InChI=1S/C15H22O4/c1-16-13-7-2-3-8-14(13)17-11-6-12-19-15-9-4-5-10-18-15/h2-3,7-8,15H,4-6,9-12H2,1H3. The third-order valence-electron chi connectivity index (χ3n) is 3.06. The Kier molecular flexibility index (Phi) is 5.98. The quantitative estimate of drug-likeness (QED) is 0.711. The Hall–Kier alpha value is -1.26. The van der Waals surface area contributed by atoms with E-state index in [1.807, 2.05) is 24.3 Å². The molecule has 19 heavy (non-hydrogen) atoms. The molecule has 1 saturated heterocycles. The summed E-state index contributed by atoms with van der Waals surface area (Å²) >= 11 is 0. The van der Waals surface area contributed by atoms with Crippen LogP contribution in [-0.2, 0) is 9.47 Å². The van der Waals surface area contributed by atoms with Crippen LogP contribution in [0, 0.1) is 0 Å². The van der Waals surface area contributed by atoms with E-state index in [0.717, 1.165) is 37.4 Å². The molecule has 1 fully saturated rings. The SMILES string of the molecule is COc1ccccc1OCCCOC1CCCCO1. The van der Waals surface area contributed by atoms with Gasteiger partial charge in [-0.2, -0.15) is 0 Å². The van der Waals surface area contributed by atoms with Gasteiger partial charge in [-0.05, 0) is 31.4 Å². The molecular formula is C15H22O4. The number of rotatable bonds is 7. The summed E-state index contributed by atoms with van der Waals surface area (Å²) in [6.45, 7) is 2.11. The summed E-state index contributed by atoms with van der Waals surface area (Å²) in [4.78, 5) is 0. The molecule has 0 spiro atoms. The molecule has 1 aromatic rings. The highest BCUT2D eigenvalue weighted by atomic mass is 16.7. The Labute approximate surface area is 114 Å². The van der Waals surface area contributed by atoms with Crippen LogP contribution in [0.4, 0.5) is 0 Å². The second-order valence-electron chi connectivity index (χ2n) is 4.52. The number of ether oxygens (including phenoxy) is 4. The van der Waals surface area contributed by atoms with Crippen LogP contribution in [-0.4, -0.2) is 33.2 Å². The van der Waals surface area contributed by atoms with Gasteiger partial charge in [0.25, 0.3) is 0 Å². The van der Waals surface area contributed by atoms with Crippen LogP contribution in [0.3, 0.4) is 0 Å². The van der Waals surface area contributed by atoms with Crippen molar-refractivity contribution >= 4 is 0 Å². The molecule has 106 valence electrons. The molecule has 1 aliphatic heterocycles. The Morgan fingerprint density at radius 1 is 1.16 bits per heavy atom. The lowest BCUT2D eigenvalue weighted by Gasteiger charge is -2.22. The van der Waals surface area contributed by atoms with Crippen molar-refractivity contribution in [3.8, 4) is 11.5 Å². The van der Waals surface area contributed by atoms with Crippen molar-refractivity contribution in [3.05, 3.63) is 24.3 Å². The zero-order valence-corrected chi connectivity index (χ0v) is 11.5. The maximum Gasteiger partial charge on any atom is 0.161 e. The maximum atomic E-state index is 5.67. The minimum atomic E-state index is -0.0139. The molecule has 4 nitrogen and oxygen atoms in total. The molecule has 1 aromatic carbocycles. The minimum Gasteiger partial charge on any atom is -0.493 e. The second kappa shape index (κ2) is 8.02. The van der Waals surface area contributed by atoms with Crippen LogP contribution < -0.4 is 9.47 Å². The van der Waals surface area contributed by atoms with Gasteiger partial charge in [-0.3, -0.25) is 0 Å². The number of hydrogen-bond acceptors (Lipinski definition) is 4. The monoisotopic (exact) mass is 266 g/mol. The first kappa shape index (κ1) is 14.2. The minimum absolute atomic E-state index is 0.0139. The van der Waals surface area contributed by atoms with E-state index in [2.05, 4.69) is 0 Å². The average molecular weight is 266 g/mol. The van der Waals surface area contributed by atoms with Gasteiger partial charge >= 0.3 is 0 Å². The average Bonchev–Trinajstić information content (AvgIpc) is 2.48. The number of hydrogen-bond donors (Lipinski definition) is 0. The molecule has 1 aliphatic rings. The summed E-state index contributed by atoms with van der Waals surface area (Å²) in [6.07, 6.45) is 4.18. The van der Waals surface area contributed by atoms with E-state index in [1.54, 1.807) is 7.11 Å². The summed E-state index contributed by atoms with van der Waals surface area (Å²) in [6, 6.07) is 7.66. The van der Waals surface area contributed by atoms with Crippen molar-refractivity contribution in [2.24, 2.45) is 0 Å². The molecule has 0 aromatic heterocycles. The first-order valence-electron chi connectivity index (χ1n) is 6.89. The molecule has 0 aliphatic carbocycles. The van der Waals surface area contributed by atoms with E-state index in [0.29, 0.717) is 13.2 Å². The van der Waals surface area contributed by atoms with Gasteiger partial charge < -0.3 is 18.9 Å². The lowest BCUT2D eigenvalue weighted by molar-refractivity contribution is -0.163. The van der Waals surface area contributed by atoms with Crippen molar-refractivity contribution in [2.75, 3.05) is 26.9 Å². The smallest absolute Gasteiger partial charge is 0.161 e. The normalized spacial score (nSPS) is 19.1.